The number of halogens is 2. The topological polar surface area (TPSA) is 0 Å². The molecule has 0 N–H and O–H groups in total. The third-order valence-corrected chi connectivity index (χ3v) is 5.67. The van der Waals surface area contributed by atoms with Gasteiger partial charge >= 0.3 is 0 Å². The summed E-state index contributed by atoms with van der Waals surface area (Å²) in [4.78, 5) is 0.588. The molecule has 2 rings (SSSR count). The third-order valence-electron chi connectivity index (χ3n) is 2.91. The summed E-state index contributed by atoms with van der Waals surface area (Å²) in [6.45, 7) is 2.06. The van der Waals surface area contributed by atoms with Crippen LogP contribution in [0.5, 0.6) is 0 Å². The van der Waals surface area contributed by atoms with Gasteiger partial charge in [-0.15, -0.1) is 0 Å². The average Bonchev–Trinajstić information content (AvgIpc) is 2.58. The minimum absolute atomic E-state index is 0.118. The van der Waals surface area contributed by atoms with Crippen LogP contribution in [0.1, 0.15) is 11.1 Å². The molecular formula is C12H14BrFS. The summed E-state index contributed by atoms with van der Waals surface area (Å²) >= 11 is 5.67. The van der Waals surface area contributed by atoms with Gasteiger partial charge in [0.15, 0.2) is 0 Å². The molecule has 82 valence electrons. The summed E-state index contributed by atoms with van der Waals surface area (Å²) in [5.74, 6) is 2.90. The normalized spacial score (nSPS) is 25.8. The lowest BCUT2D eigenvalue weighted by Crippen LogP contribution is -2.15. The standard InChI is InChI=1S/C12H14BrFS/c1-8-2-3-11(14)5-9(8)4-10-6-15-7-12(10)13/h2-3,5,10,12H,4,6-7H2,1H3. The van der Waals surface area contributed by atoms with E-state index in [0.717, 1.165) is 12.0 Å². The molecule has 0 spiro atoms. The molecule has 15 heavy (non-hydrogen) atoms. The number of hydrogen-bond donors (Lipinski definition) is 0. The molecule has 1 aromatic rings. The van der Waals surface area contributed by atoms with Gasteiger partial charge in [0.25, 0.3) is 0 Å². The van der Waals surface area contributed by atoms with Gasteiger partial charge in [-0.1, -0.05) is 22.0 Å². The maximum atomic E-state index is 13.1. The highest BCUT2D eigenvalue weighted by molar-refractivity contribution is 9.09. The maximum Gasteiger partial charge on any atom is 0.123 e. The molecule has 1 fully saturated rings. The average molecular weight is 289 g/mol. The Morgan fingerprint density at radius 1 is 1.47 bits per heavy atom. The molecule has 2 atom stereocenters. The van der Waals surface area contributed by atoms with E-state index in [2.05, 4.69) is 22.9 Å². The predicted molar refractivity (Wildman–Crippen MR) is 68.4 cm³/mol. The fraction of sp³-hybridized carbons (Fsp3) is 0.500. The number of thioether (sulfide) groups is 1. The van der Waals surface area contributed by atoms with Gasteiger partial charge in [0.1, 0.15) is 5.82 Å². The number of alkyl halides is 1. The van der Waals surface area contributed by atoms with Crippen LogP contribution in [0.3, 0.4) is 0 Å². The Morgan fingerprint density at radius 3 is 2.93 bits per heavy atom. The Labute approximate surface area is 103 Å². The molecule has 0 amide bonds. The molecular weight excluding hydrogens is 275 g/mol. The molecule has 1 aromatic carbocycles. The molecule has 0 saturated carbocycles. The second kappa shape index (κ2) is 4.88. The SMILES string of the molecule is Cc1ccc(F)cc1CC1CSCC1Br. The summed E-state index contributed by atoms with van der Waals surface area (Å²) < 4.78 is 13.1. The fourth-order valence-electron chi connectivity index (χ4n) is 1.90. The minimum atomic E-state index is -0.118. The van der Waals surface area contributed by atoms with Crippen LogP contribution in [0.4, 0.5) is 4.39 Å². The van der Waals surface area contributed by atoms with Crippen molar-refractivity contribution >= 4 is 27.7 Å². The molecule has 1 saturated heterocycles. The van der Waals surface area contributed by atoms with Crippen LogP contribution in [-0.4, -0.2) is 16.3 Å². The van der Waals surface area contributed by atoms with E-state index in [0.29, 0.717) is 10.7 Å². The largest absolute Gasteiger partial charge is 0.207 e. The Kier molecular flexibility index (Phi) is 3.73. The van der Waals surface area contributed by atoms with Gasteiger partial charge in [0.2, 0.25) is 0 Å². The van der Waals surface area contributed by atoms with Crippen LogP contribution in [0.15, 0.2) is 18.2 Å². The van der Waals surface area contributed by atoms with Crippen LogP contribution in [-0.2, 0) is 6.42 Å². The van der Waals surface area contributed by atoms with E-state index < -0.39 is 0 Å². The molecule has 0 aromatic heterocycles. The Morgan fingerprint density at radius 2 is 2.27 bits per heavy atom. The number of aryl methyl sites for hydroxylation is 1. The fourth-order valence-corrected chi connectivity index (χ4v) is 4.37. The van der Waals surface area contributed by atoms with Crippen LogP contribution < -0.4 is 0 Å². The first-order chi connectivity index (χ1) is 7.16. The van der Waals surface area contributed by atoms with Crippen molar-refractivity contribution in [3.8, 4) is 0 Å². The monoisotopic (exact) mass is 288 g/mol. The quantitative estimate of drug-likeness (QED) is 0.746. The molecule has 2 unspecified atom stereocenters. The summed E-state index contributed by atoms with van der Waals surface area (Å²) in [6, 6.07) is 5.09. The molecule has 0 radical (unpaired) electrons. The van der Waals surface area contributed by atoms with Gasteiger partial charge in [-0.3, -0.25) is 0 Å². The van der Waals surface area contributed by atoms with E-state index in [9.17, 15) is 4.39 Å². The van der Waals surface area contributed by atoms with Crippen molar-refractivity contribution in [2.24, 2.45) is 5.92 Å². The van der Waals surface area contributed by atoms with E-state index in [1.54, 1.807) is 6.07 Å². The third kappa shape index (κ3) is 2.76. The van der Waals surface area contributed by atoms with Gasteiger partial charge in [-0.25, -0.2) is 4.39 Å². The molecule has 0 aliphatic carbocycles. The van der Waals surface area contributed by atoms with Crippen molar-refractivity contribution in [3.63, 3.8) is 0 Å². The highest BCUT2D eigenvalue weighted by atomic mass is 79.9. The van der Waals surface area contributed by atoms with Crippen molar-refractivity contribution in [2.75, 3.05) is 11.5 Å². The van der Waals surface area contributed by atoms with Crippen molar-refractivity contribution in [1.82, 2.24) is 0 Å². The van der Waals surface area contributed by atoms with E-state index in [1.807, 2.05) is 17.8 Å². The zero-order valence-electron chi connectivity index (χ0n) is 8.67. The Balaban J connectivity index is 2.12. The van der Waals surface area contributed by atoms with Gasteiger partial charge in [-0.05, 0) is 48.3 Å². The number of benzene rings is 1. The van der Waals surface area contributed by atoms with E-state index >= 15 is 0 Å². The van der Waals surface area contributed by atoms with E-state index in [4.69, 9.17) is 0 Å². The summed E-state index contributed by atoms with van der Waals surface area (Å²) in [6.07, 6.45) is 0.993. The zero-order valence-corrected chi connectivity index (χ0v) is 11.1. The summed E-state index contributed by atoms with van der Waals surface area (Å²) in [5.41, 5.74) is 2.36. The van der Waals surface area contributed by atoms with Gasteiger partial charge in [-0.2, -0.15) is 11.8 Å². The Bertz CT molecular complexity index is 353. The molecule has 1 aliphatic rings. The van der Waals surface area contributed by atoms with Crippen LogP contribution in [0.2, 0.25) is 0 Å². The van der Waals surface area contributed by atoms with Gasteiger partial charge < -0.3 is 0 Å². The van der Waals surface area contributed by atoms with E-state index in [1.165, 1.54) is 23.1 Å². The van der Waals surface area contributed by atoms with Gasteiger partial charge in [0, 0.05) is 10.6 Å². The first-order valence-electron chi connectivity index (χ1n) is 5.13. The maximum absolute atomic E-state index is 13.1. The molecule has 0 nitrogen and oxygen atoms in total. The van der Waals surface area contributed by atoms with Crippen LogP contribution >= 0.6 is 27.7 Å². The Hall–Kier alpha value is -0.0200. The lowest BCUT2D eigenvalue weighted by atomic mass is 9.95. The van der Waals surface area contributed by atoms with Crippen molar-refractivity contribution in [1.29, 1.82) is 0 Å². The van der Waals surface area contributed by atoms with E-state index in [-0.39, 0.29) is 5.82 Å². The van der Waals surface area contributed by atoms with Crippen LogP contribution in [0, 0.1) is 18.7 Å². The lowest BCUT2D eigenvalue weighted by molar-refractivity contribution is 0.598. The number of rotatable bonds is 2. The lowest BCUT2D eigenvalue weighted by Gasteiger charge is -2.14. The predicted octanol–water partition coefficient (Wildman–Crippen LogP) is 3.80. The highest BCUT2D eigenvalue weighted by Gasteiger charge is 2.25. The molecule has 3 heteroatoms. The first kappa shape index (κ1) is 11.5. The second-order valence-corrected chi connectivity index (χ2v) is 6.34. The van der Waals surface area contributed by atoms with Crippen LogP contribution in [0.25, 0.3) is 0 Å². The van der Waals surface area contributed by atoms with Crippen molar-refractivity contribution < 1.29 is 4.39 Å². The smallest absolute Gasteiger partial charge is 0.123 e. The highest BCUT2D eigenvalue weighted by Crippen LogP contribution is 2.32. The summed E-state index contributed by atoms with van der Waals surface area (Å²) in [5, 5.41) is 0. The first-order valence-corrected chi connectivity index (χ1v) is 7.20. The van der Waals surface area contributed by atoms with Gasteiger partial charge in [0.05, 0.1) is 0 Å². The number of hydrogen-bond acceptors (Lipinski definition) is 1. The summed E-state index contributed by atoms with van der Waals surface area (Å²) in [7, 11) is 0. The zero-order chi connectivity index (χ0) is 10.8. The van der Waals surface area contributed by atoms with Crippen molar-refractivity contribution in [3.05, 3.63) is 35.1 Å². The molecule has 1 aliphatic heterocycles. The minimum Gasteiger partial charge on any atom is -0.207 e. The van der Waals surface area contributed by atoms with Crippen molar-refractivity contribution in [2.45, 2.75) is 18.2 Å². The molecule has 0 bridgehead atoms. The second-order valence-electron chi connectivity index (χ2n) is 4.09. The molecule has 1 heterocycles.